The fraction of sp³-hybridized carbons (Fsp3) is 0.0714. The summed E-state index contributed by atoms with van der Waals surface area (Å²) in [6.45, 7) is 0. The van der Waals surface area contributed by atoms with Gasteiger partial charge < -0.3 is 10.1 Å². The van der Waals surface area contributed by atoms with Crippen molar-refractivity contribution in [2.75, 3.05) is 12.4 Å². The third kappa shape index (κ3) is 3.28. The zero-order valence-corrected chi connectivity index (χ0v) is 12.5. The van der Waals surface area contributed by atoms with Gasteiger partial charge in [0.2, 0.25) is 0 Å². The van der Waals surface area contributed by atoms with Gasteiger partial charge in [-0.3, -0.25) is 4.79 Å². The molecular weight excluding hydrogens is 330 g/mol. The molecule has 0 aromatic heterocycles. The van der Waals surface area contributed by atoms with Gasteiger partial charge in [-0.2, -0.15) is 0 Å². The number of carbonyl (C=O) groups excluding carboxylic acids is 1. The van der Waals surface area contributed by atoms with E-state index in [9.17, 15) is 4.79 Å². The first-order valence-electron chi connectivity index (χ1n) is 5.51. The number of benzene rings is 2. The van der Waals surface area contributed by atoms with Crippen molar-refractivity contribution in [3.05, 3.63) is 57.5 Å². The van der Waals surface area contributed by atoms with Crippen molar-refractivity contribution in [2.45, 2.75) is 0 Å². The molecule has 0 atom stereocenters. The molecule has 3 nitrogen and oxygen atoms in total. The molecular formula is C14H11BrClNO2. The van der Waals surface area contributed by atoms with Crippen LogP contribution in [0.1, 0.15) is 10.4 Å². The zero-order valence-electron chi connectivity index (χ0n) is 10.1. The van der Waals surface area contributed by atoms with Gasteiger partial charge in [0, 0.05) is 5.56 Å². The molecule has 0 bridgehead atoms. The summed E-state index contributed by atoms with van der Waals surface area (Å²) < 4.78 is 5.75. The first kappa shape index (κ1) is 13.9. The lowest BCUT2D eigenvalue weighted by Crippen LogP contribution is -2.12. The van der Waals surface area contributed by atoms with Crippen LogP contribution in [0.25, 0.3) is 0 Å². The molecule has 98 valence electrons. The van der Waals surface area contributed by atoms with Gasteiger partial charge in [0.15, 0.2) is 0 Å². The second-order valence-corrected chi connectivity index (χ2v) is 4.99. The topological polar surface area (TPSA) is 38.3 Å². The number of methoxy groups -OCH3 is 1. The average Bonchev–Trinajstić information content (AvgIpc) is 2.44. The Morgan fingerprint density at radius 2 is 2.00 bits per heavy atom. The minimum Gasteiger partial charge on any atom is -0.497 e. The number of hydrogen-bond acceptors (Lipinski definition) is 2. The first-order valence-corrected chi connectivity index (χ1v) is 6.68. The van der Waals surface area contributed by atoms with Gasteiger partial charge in [0.05, 0.1) is 22.3 Å². The van der Waals surface area contributed by atoms with Crippen LogP contribution in [0.3, 0.4) is 0 Å². The largest absolute Gasteiger partial charge is 0.497 e. The van der Waals surface area contributed by atoms with Gasteiger partial charge >= 0.3 is 0 Å². The normalized spacial score (nSPS) is 10.1. The molecule has 19 heavy (non-hydrogen) atoms. The number of amides is 1. The summed E-state index contributed by atoms with van der Waals surface area (Å²) in [5.41, 5.74) is 1.14. The van der Waals surface area contributed by atoms with Gasteiger partial charge in [-0.15, -0.1) is 0 Å². The van der Waals surface area contributed by atoms with Gasteiger partial charge in [0.1, 0.15) is 5.75 Å². The highest BCUT2D eigenvalue weighted by molar-refractivity contribution is 9.10. The van der Waals surface area contributed by atoms with E-state index in [4.69, 9.17) is 16.3 Å². The third-order valence-corrected chi connectivity index (χ3v) is 3.93. The highest BCUT2D eigenvalue weighted by atomic mass is 79.9. The number of nitrogens with one attached hydrogen (secondary N) is 1. The summed E-state index contributed by atoms with van der Waals surface area (Å²) >= 11 is 9.31. The van der Waals surface area contributed by atoms with Crippen LogP contribution >= 0.6 is 27.5 Å². The van der Waals surface area contributed by atoms with Crippen molar-refractivity contribution in [1.82, 2.24) is 0 Å². The van der Waals surface area contributed by atoms with Crippen LogP contribution in [0, 0.1) is 0 Å². The molecule has 0 aliphatic rings. The molecule has 5 heteroatoms. The van der Waals surface area contributed by atoms with E-state index in [1.807, 2.05) is 0 Å². The number of ether oxygens (including phenoxy) is 1. The van der Waals surface area contributed by atoms with Crippen molar-refractivity contribution >= 4 is 39.1 Å². The van der Waals surface area contributed by atoms with E-state index in [2.05, 4.69) is 21.2 Å². The second-order valence-electron chi connectivity index (χ2n) is 3.79. The maximum Gasteiger partial charge on any atom is 0.255 e. The van der Waals surface area contributed by atoms with E-state index in [-0.39, 0.29) is 5.91 Å². The maximum absolute atomic E-state index is 12.1. The van der Waals surface area contributed by atoms with Crippen LogP contribution in [0.5, 0.6) is 5.75 Å². The van der Waals surface area contributed by atoms with E-state index >= 15 is 0 Å². The predicted molar refractivity (Wildman–Crippen MR) is 80.1 cm³/mol. The highest BCUT2D eigenvalue weighted by Gasteiger charge is 2.10. The number of halogens is 2. The molecule has 1 amide bonds. The van der Waals surface area contributed by atoms with Crippen LogP contribution in [0.2, 0.25) is 5.02 Å². The summed E-state index contributed by atoms with van der Waals surface area (Å²) in [4.78, 5) is 12.1. The molecule has 0 unspecified atom stereocenters. The zero-order chi connectivity index (χ0) is 13.8. The minimum absolute atomic E-state index is 0.220. The summed E-state index contributed by atoms with van der Waals surface area (Å²) in [5.74, 6) is 0.416. The monoisotopic (exact) mass is 339 g/mol. The molecule has 0 aliphatic carbocycles. The van der Waals surface area contributed by atoms with Crippen LogP contribution < -0.4 is 10.1 Å². The predicted octanol–water partition coefficient (Wildman–Crippen LogP) is 4.36. The van der Waals surface area contributed by atoms with E-state index in [0.717, 1.165) is 0 Å². The Morgan fingerprint density at radius 3 is 2.74 bits per heavy atom. The van der Waals surface area contributed by atoms with Crippen molar-refractivity contribution in [3.8, 4) is 5.75 Å². The molecule has 2 rings (SSSR count). The van der Waals surface area contributed by atoms with Crippen molar-refractivity contribution in [2.24, 2.45) is 0 Å². The van der Waals surface area contributed by atoms with Crippen LogP contribution in [0.15, 0.2) is 46.9 Å². The van der Waals surface area contributed by atoms with E-state index in [1.165, 1.54) is 0 Å². The van der Waals surface area contributed by atoms with Crippen LogP contribution in [-0.2, 0) is 0 Å². The first-order chi connectivity index (χ1) is 9.11. The van der Waals surface area contributed by atoms with Crippen molar-refractivity contribution < 1.29 is 9.53 Å². The summed E-state index contributed by atoms with van der Waals surface area (Å²) in [6.07, 6.45) is 0. The van der Waals surface area contributed by atoms with Gasteiger partial charge in [0.25, 0.3) is 5.91 Å². The molecule has 0 radical (unpaired) electrons. The minimum atomic E-state index is -0.220. The Kier molecular flexibility index (Phi) is 4.45. The molecule has 0 fully saturated rings. The third-order valence-electron chi connectivity index (χ3n) is 2.53. The number of carbonyl (C=O) groups is 1. The Bertz CT molecular complexity index is 616. The number of anilines is 1. The van der Waals surface area contributed by atoms with Gasteiger partial charge in [-0.05, 0) is 46.3 Å². The van der Waals surface area contributed by atoms with Crippen molar-refractivity contribution in [1.29, 1.82) is 0 Å². The standard InChI is InChI=1S/C14H11BrClNO2/c1-19-10-5-2-4-9(8-10)14(18)17-12-7-3-6-11(16)13(12)15/h2-8H,1H3,(H,17,18). The summed E-state index contributed by atoms with van der Waals surface area (Å²) in [6, 6.07) is 12.2. The Labute approximate surface area is 124 Å². The molecule has 0 heterocycles. The lowest BCUT2D eigenvalue weighted by Gasteiger charge is -2.09. The molecule has 0 saturated carbocycles. The highest BCUT2D eigenvalue weighted by Crippen LogP contribution is 2.30. The van der Waals surface area contributed by atoms with Crippen LogP contribution in [0.4, 0.5) is 5.69 Å². The number of hydrogen-bond donors (Lipinski definition) is 1. The lowest BCUT2D eigenvalue weighted by molar-refractivity contribution is 0.102. The fourth-order valence-corrected chi connectivity index (χ4v) is 2.10. The summed E-state index contributed by atoms with van der Waals surface area (Å²) in [7, 11) is 1.56. The average molecular weight is 341 g/mol. The fourth-order valence-electron chi connectivity index (χ4n) is 1.56. The molecule has 2 aromatic rings. The molecule has 2 aromatic carbocycles. The maximum atomic E-state index is 12.1. The van der Waals surface area contributed by atoms with Gasteiger partial charge in [-0.25, -0.2) is 0 Å². The van der Waals surface area contributed by atoms with Crippen molar-refractivity contribution in [3.63, 3.8) is 0 Å². The quantitative estimate of drug-likeness (QED) is 0.901. The Balaban J connectivity index is 2.23. The summed E-state index contributed by atoms with van der Waals surface area (Å²) in [5, 5.41) is 3.34. The van der Waals surface area contributed by atoms with Crippen LogP contribution in [-0.4, -0.2) is 13.0 Å². The number of rotatable bonds is 3. The van der Waals surface area contributed by atoms with Gasteiger partial charge in [-0.1, -0.05) is 23.7 Å². The Hall–Kier alpha value is -1.52. The Morgan fingerprint density at radius 1 is 1.26 bits per heavy atom. The lowest BCUT2D eigenvalue weighted by atomic mass is 10.2. The SMILES string of the molecule is COc1cccc(C(=O)Nc2cccc(Cl)c2Br)c1. The van der Waals surface area contributed by atoms with E-state index in [1.54, 1.807) is 49.6 Å². The molecule has 0 spiro atoms. The van der Waals surface area contributed by atoms with E-state index < -0.39 is 0 Å². The van der Waals surface area contributed by atoms with E-state index in [0.29, 0.717) is 26.5 Å². The molecule has 1 N–H and O–H groups in total. The molecule has 0 saturated heterocycles. The second kappa shape index (κ2) is 6.08. The smallest absolute Gasteiger partial charge is 0.255 e. The molecule has 0 aliphatic heterocycles.